The van der Waals surface area contributed by atoms with Crippen LogP contribution in [-0.4, -0.2) is 65.7 Å². The molecule has 0 aromatic carbocycles. The van der Waals surface area contributed by atoms with Crippen LogP contribution in [0.15, 0.2) is 17.1 Å². The number of hydrogen-bond acceptors (Lipinski definition) is 11. The Labute approximate surface area is 182 Å². The summed E-state index contributed by atoms with van der Waals surface area (Å²) in [5.41, 5.74) is 8.90. The van der Waals surface area contributed by atoms with Crippen LogP contribution in [-0.2, 0) is 47.2 Å². The molecule has 0 aromatic rings. The van der Waals surface area contributed by atoms with Gasteiger partial charge in [-0.2, -0.15) is 4.52 Å². The van der Waals surface area contributed by atoms with Crippen molar-refractivity contribution in [2.24, 2.45) is 5.11 Å². The minimum absolute atomic E-state index is 0.570. The van der Waals surface area contributed by atoms with Crippen LogP contribution in [0.1, 0.15) is 27.7 Å². The third kappa shape index (κ3) is 8.76. The Morgan fingerprint density at radius 1 is 1.22 bits per heavy atom. The van der Waals surface area contributed by atoms with E-state index in [9.17, 15) is 23.7 Å². The maximum Gasteiger partial charge on any atom is 0.750 e. The quantitative estimate of drug-likeness (QED) is 0.110. The summed E-state index contributed by atoms with van der Waals surface area (Å²) in [6.07, 6.45) is -3.44. The number of amides is 1. The van der Waals surface area contributed by atoms with Gasteiger partial charge in [0, 0.05) is 43.2 Å². The fraction of sp³-hybridized carbons (Fsp3) is 0.625. The summed E-state index contributed by atoms with van der Waals surface area (Å²) in [6, 6.07) is -2.45. The van der Waals surface area contributed by atoms with Crippen molar-refractivity contribution >= 4 is 32.1 Å². The van der Waals surface area contributed by atoms with E-state index in [4.69, 9.17) is 29.4 Å². The number of nitrogens with one attached hydrogen (secondary N) is 1. The van der Waals surface area contributed by atoms with Crippen molar-refractivity contribution in [2.75, 3.05) is 6.61 Å². The molecule has 16 heteroatoms. The van der Waals surface area contributed by atoms with E-state index < -0.39 is 75.0 Å². The van der Waals surface area contributed by atoms with E-state index in [1.807, 2.05) is 0 Å². The molecule has 0 saturated carbocycles. The van der Waals surface area contributed by atoms with Crippen LogP contribution in [0.2, 0.25) is 0 Å². The second kappa shape index (κ2) is 12.4. The number of carbonyl (C=O) groups excluding carboxylic acids is 4. The van der Waals surface area contributed by atoms with Crippen LogP contribution in [0, 0.1) is 0 Å². The highest BCUT2D eigenvalue weighted by Crippen LogP contribution is 2.32. The molecule has 1 amide bonds. The van der Waals surface area contributed by atoms with Crippen LogP contribution in [0.3, 0.4) is 0 Å². The molecule has 0 aliphatic carbocycles. The van der Waals surface area contributed by atoms with Gasteiger partial charge in [0.15, 0.2) is 18.3 Å². The molecule has 0 spiro atoms. The molecule has 0 saturated heterocycles. The van der Waals surface area contributed by atoms with Crippen molar-refractivity contribution in [3.05, 3.63) is 22.5 Å². The van der Waals surface area contributed by atoms with Gasteiger partial charge < -0.3 is 24.3 Å². The Bertz CT molecular complexity index is 842. The smallest absolute Gasteiger partial charge is 0.462 e. The molecular formula is C16H22N4O11P+. The molecule has 6 unspecified atom stereocenters. The number of esters is 3. The largest absolute Gasteiger partial charge is 0.750 e. The normalized spacial score (nSPS) is 21.8. The van der Waals surface area contributed by atoms with Gasteiger partial charge >= 0.3 is 32.1 Å². The summed E-state index contributed by atoms with van der Waals surface area (Å²) in [7, 11) is -3.21. The number of ether oxygens (including phenoxy) is 4. The van der Waals surface area contributed by atoms with E-state index in [2.05, 4.69) is 19.9 Å². The van der Waals surface area contributed by atoms with Crippen molar-refractivity contribution in [3.8, 4) is 0 Å². The molecule has 0 bridgehead atoms. The van der Waals surface area contributed by atoms with Crippen LogP contribution < -0.4 is 5.32 Å². The lowest BCUT2D eigenvalue weighted by Crippen LogP contribution is -2.60. The molecule has 1 rings (SSSR count). The molecule has 1 aliphatic rings. The van der Waals surface area contributed by atoms with Gasteiger partial charge in [-0.05, 0) is 5.53 Å². The van der Waals surface area contributed by atoms with E-state index >= 15 is 0 Å². The Kier molecular flexibility index (Phi) is 10.4. The van der Waals surface area contributed by atoms with Crippen LogP contribution >= 0.6 is 8.25 Å². The van der Waals surface area contributed by atoms with Gasteiger partial charge in [-0.3, -0.25) is 19.2 Å². The highest BCUT2D eigenvalue weighted by Gasteiger charge is 2.48. The zero-order valence-electron chi connectivity index (χ0n) is 17.5. The number of nitrogens with zero attached hydrogens (tertiary/aromatic N) is 3. The topological polar surface area (TPSA) is 213 Å². The number of rotatable bonds is 10. The minimum atomic E-state index is -3.21. The standard InChI is InChI=1S/C16H21N4O11P/c1-7(21)18-14-11(19-20-17)5-13(31-32(25)26)30-16(14)15(29-10(4)24)12(28-9(3)23)6-27-8(2)22/h5,11-12,14-16H,6H2,1-4H3,(H-,18,21,25,26)/p+1. The molecule has 0 radical (unpaired) electrons. The Morgan fingerprint density at radius 3 is 2.31 bits per heavy atom. The van der Waals surface area contributed by atoms with E-state index in [0.717, 1.165) is 33.8 Å². The summed E-state index contributed by atoms with van der Waals surface area (Å²) in [4.78, 5) is 58.2. The summed E-state index contributed by atoms with van der Waals surface area (Å²) in [5, 5.41) is 5.96. The fourth-order valence-electron chi connectivity index (χ4n) is 2.81. The first-order valence-electron chi connectivity index (χ1n) is 8.96. The van der Waals surface area contributed by atoms with Gasteiger partial charge in [0.05, 0.1) is 12.1 Å². The zero-order chi connectivity index (χ0) is 24.4. The maximum atomic E-state index is 11.8. The Morgan fingerprint density at radius 2 is 1.84 bits per heavy atom. The molecule has 1 heterocycles. The highest BCUT2D eigenvalue weighted by molar-refractivity contribution is 7.32. The number of carbonyl (C=O) groups is 4. The van der Waals surface area contributed by atoms with Gasteiger partial charge in [-0.15, -0.1) is 4.89 Å². The summed E-state index contributed by atoms with van der Waals surface area (Å²) < 4.78 is 36.5. The second-order valence-corrected chi connectivity index (χ2v) is 7.00. The maximum absolute atomic E-state index is 11.8. The Hall–Kier alpha value is -3.41. The Balaban J connectivity index is 3.54. The average molecular weight is 477 g/mol. The van der Waals surface area contributed by atoms with Gasteiger partial charge in [0.25, 0.3) is 0 Å². The molecule has 15 nitrogen and oxygen atoms in total. The van der Waals surface area contributed by atoms with E-state index in [0.29, 0.717) is 0 Å². The van der Waals surface area contributed by atoms with Crippen LogP contribution in [0.5, 0.6) is 0 Å². The predicted octanol–water partition coefficient (Wildman–Crippen LogP) is 0.503. The third-order valence-electron chi connectivity index (χ3n) is 3.76. The number of hydrogen-bond donors (Lipinski definition) is 2. The molecule has 32 heavy (non-hydrogen) atoms. The molecule has 6 atom stereocenters. The van der Waals surface area contributed by atoms with Crippen LogP contribution in [0.4, 0.5) is 0 Å². The second-order valence-electron chi connectivity index (χ2n) is 6.34. The van der Waals surface area contributed by atoms with Crippen molar-refractivity contribution in [1.82, 2.24) is 5.32 Å². The monoisotopic (exact) mass is 477 g/mol. The molecule has 1 aliphatic heterocycles. The molecule has 2 N–H and O–H groups in total. The van der Waals surface area contributed by atoms with E-state index in [-0.39, 0.29) is 0 Å². The van der Waals surface area contributed by atoms with Crippen molar-refractivity contribution < 1.29 is 52.1 Å². The van der Waals surface area contributed by atoms with Gasteiger partial charge in [-0.25, -0.2) is 0 Å². The SMILES string of the molecule is CC(=O)NC1C(N=[N+]=[N-])C=C(O[P+](=O)O)OC1C(OC(C)=O)C(COC(C)=O)OC(C)=O. The van der Waals surface area contributed by atoms with Crippen molar-refractivity contribution in [3.63, 3.8) is 0 Å². The zero-order valence-corrected chi connectivity index (χ0v) is 18.4. The van der Waals surface area contributed by atoms with E-state index in [1.54, 1.807) is 0 Å². The van der Waals surface area contributed by atoms with E-state index in [1.165, 1.54) is 0 Å². The first-order chi connectivity index (χ1) is 14.9. The molecule has 176 valence electrons. The fourth-order valence-corrected chi connectivity index (χ4v) is 3.06. The molecule has 0 fully saturated rings. The molecular weight excluding hydrogens is 455 g/mol. The predicted molar refractivity (Wildman–Crippen MR) is 102 cm³/mol. The van der Waals surface area contributed by atoms with Gasteiger partial charge in [0.1, 0.15) is 6.61 Å². The van der Waals surface area contributed by atoms with Crippen molar-refractivity contribution in [1.29, 1.82) is 0 Å². The lowest BCUT2D eigenvalue weighted by Gasteiger charge is -2.39. The lowest BCUT2D eigenvalue weighted by atomic mass is 9.93. The summed E-state index contributed by atoms with van der Waals surface area (Å²) >= 11 is 0. The lowest BCUT2D eigenvalue weighted by molar-refractivity contribution is -0.189. The summed E-state index contributed by atoms with van der Waals surface area (Å²) in [6.45, 7) is 3.75. The third-order valence-corrected chi connectivity index (χ3v) is 4.10. The van der Waals surface area contributed by atoms with Crippen molar-refractivity contribution in [2.45, 2.75) is 58.1 Å². The highest BCUT2D eigenvalue weighted by atomic mass is 31.1. The van der Waals surface area contributed by atoms with Gasteiger partial charge in [-0.1, -0.05) is 5.11 Å². The minimum Gasteiger partial charge on any atom is -0.462 e. The molecule has 0 aromatic heterocycles. The first-order valence-corrected chi connectivity index (χ1v) is 10.1. The summed E-state index contributed by atoms with van der Waals surface area (Å²) in [5.74, 6) is -3.61. The van der Waals surface area contributed by atoms with Gasteiger partial charge in [0.2, 0.25) is 5.91 Å². The average Bonchev–Trinajstić information content (AvgIpc) is 2.64. The number of azide groups is 1. The first kappa shape index (κ1) is 26.6. The van der Waals surface area contributed by atoms with Crippen LogP contribution in [0.25, 0.3) is 10.4 Å².